The van der Waals surface area contributed by atoms with Gasteiger partial charge in [-0.25, -0.2) is 0 Å². The molecule has 1 aliphatic heterocycles. The largest absolute Gasteiger partial charge is 0.369 e. The Morgan fingerprint density at radius 3 is 2.33 bits per heavy atom. The minimum Gasteiger partial charge on any atom is -0.369 e. The fraction of sp³-hybridized carbons (Fsp3) is 0.261. The summed E-state index contributed by atoms with van der Waals surface area (Å²) in [5, 5.41) is 5.19. The van der Waals surface area contributed by atoms with Crippen LogP contribution in [0.3, 0.4) is 0 Å². The topological polar surface area (TPSA) is 35.6 Å². The summed E-state index contributed by atoms with van der Waals surface area (Å²) in [4.78, 5) is 17.4. The van der Waals surface area contributed by atoms with Gasteiger partial charge in [0.25, 0.3) is 5.91 Å². The number of amides is 1. The number of anilines is 1. The molecular weight excluding hydrogens is 334 g/mol. The smallest absolute Gasteiger partial charge is 0.251 e. The Labute approximate surface area is 160 Å². The lowest BCUT2D eigenvalue weighted by molar-refractivity contribution is 0.0949. The number of piperazine rings is 1. The molecule has 4 rings (SSSR count). The van der Waals surface area contributed by atoms with E-state index < -0.39 is 0 Å². The molecule has 1 aliphatic rings. The molecule has 1 N–H and O–H groups in total. The Hall–Kier alpha value is -2.85. The molecule has 1 saturated heterocycles. The number of rotatable bonds is 5. The van der Waals surface area contributed by atoms with Crippen LogP contribution in [0.5, 0.6) is 0 Å². The Kier molecular flexibility index (Phi) is 5.35. The first-order valence-electron chi connectivity index (χ1n) is 9.59. The summed E-state index contributed by atoms with van der Waals surface area (Å²) in [6.45, 7) is 5.67. The molecular formula is C23H25N3O. The van der Waals surface area contributed by atoms with Gasteiger partial charge in [0.15, 0.2) is 0 Å². The van der Waals surface area contributed by atoms with Crippen LogP contribution in [0.25, 0.3) is 10.8 Å². The summed E-state index contributed by atoms with van der Waals surface area (Å²) < 4.78 is 0. The van der Waals surface area contributed by atoms with Crippen molar-refractivity contribution in [2.45, 2.75) is 0 Å². The molecule has 0 atom stereocenters. The standard InChI is InChI=1S/C23H25N3O/c27-23(22-12-6-8-19-7-4-5-11-21(19)22)24-13-14-25-15-17-26(18-16-25)20-9-2-1-3-10-20/h1-12H,13-18H2,(H,24,27). The van der Waals surface area contributed by atoms with Crippen LogP contribution in [0, 0.1) is 0 Å². The highest BCUT2D eigenvalue weighted by molar-refractivity contribution is 6.06. The summed E-state index contributed by atoms with van der Waals surface area (Å²) in [6, 6.07) is 24.5. The van der Waals surface area contributed by atoms with E-state index in [0.717, 1.165) is 49.1 Å². The second-order valence-electron chi connectivity index (χ2n) is 6.95. The Morgan fingerprint density at radius 1 is 0.815 bits per heavy atom. The van der Waals surface area contributed by atoms with Crippen LogP contribution in [0.1, 0.15) is 10.4 Å². The quantitative estimate of drug-likeness (QED) is 0.758. The van der Waals surface area contributed by atoms with Gasteiger partial charge in [-0.15, -0.1) is 0 Å². The number of nitrogens with zero attached hydrogens (tertiary/aromatic N) is 2. The van der Waals surface area contributed by atoms with E-state index in [1.165, 1.54) is 5.69 Å². The van der Waals surface area contributed by atoms with Gasteiger partial charge in [0.2, 0.25) is 0 Å². The van der Waals surface area contributed by atoms with E-state index in [4.69, 9.17) is 0 Å². The molecule has 1 fully saturated rings. The lowest BCUT2D eigenvalue weighted by Crippen LogP contribution is -2.48. The normalized spacial score (nSPS) is 15.0. The second kappa shape index (κ2) is 8.23. The van der Waals surface area contributed by atoms with E-state index in [9.17, 15) is 4.79 Å². The molecule has 0 aromatic heterocycles. The fourth-order valence-electron chi connectivity index (χ4n) is 3.71. The van der Waals surface area contributed by atoms with Crippen LogP contribution in [0.4, 0.5) is 5.69 Å². The molecule has 0 saturated carbocycles. The molecule has 27 heavy (non-hydrogen) atoms. The van der Waals surface area contributed by atoms with Crippen LogP contribution in [0.15, 0.2) is 72.8 Å². The Balaban J connectivity index is 1.27. The molecule has 1 amide bonds. The van der Waals surface area contributed by atoms with Gasteiger partial charge in [-0.1, -0.05) is 54.6 Å². The first-order valence-corrected chi connectivity index (χ1v) is 9.59. The van der Waals surface area contributed by atoms with Crippen molar-refractivity contribution in [3.63, 3.8) is 0 Å². The van der Waals surface area contributed by atoms with Crippen molar-refractivity contribution in [1.29, 1.82) is 0 Å². The van der Waals surface area contributed by atoms with Gasteiger partial charge in [-0.2, -0.15) is 0 Å². The van der Waals surface area contributed by atoms with E-state index >= 15 is 0 Å². The van der Waals surface area contributed by atoms with E-state index in [-0.39, 0.29) is 5.91 Å². The number of fused-ring (bicyclic) bond motifs is 1. The maximum absolute atomic E-state index is 12.6. The lowest BCUT2D eigenvalue weighted by atomic mass is 10.0. The Morgan fingerprint density at radius 2 is 1.52 bits per heavy atom. The molecule has 4 nitrogen and oxygen atoms in total. The van der Waals surface area contributed by atoms with Crippen molar-refractivity contribution >= 4 is 22.4 Å². The average Bonchev–Trinajstić information content (AvgIpc) is 2.74. The number of carbonyl (C=O) groups excluding carboxylic acids is 1. The first kappa shape index (κ1) is 17.6. The van der Waals surface area contributed by atoms with Crippen LogP contribution < -0.4 is 10.2 Å². The SMILES string of the molecule is O=C(NCCN1CCN(c2ccccc2)CC1)c1cccc2ccccc12. The van der Waals surface area contributed by atoms with Crippen molar-refractivity contribution < 1.29 is 4.79 Å². The number of carbonyl (C=O) groups is 1. The van der Waals surface area contributed by atoms with Gasteiger partial charge >= 0.3 is 0 Å². The van der Waals surface area contributed by atoms with Crippen LogP contribution in [-0.2, 0) is 0 Å². The molecule has 0 bridgehead atoms. The number of para-hydroxylation sites is 1. The number of benzene rings is 3. The van der Waals surface area contributed by atoms with Gasteiger partial charge < -0.3 is 10.2 Å². The maximum Gasteiger partial charge on any atom is 0.251 e. The van der Waals surface area contributed by atoms with E-state index in [0.29, 0.717) is 6.54 Å². The van der Waals surface area contributed by atoms with E-state index in [1.807, 2.05) is 42.5 Å². The third kappa shape index (κ3) is 4.12. The zero-order chi connectivity index (χ0) is 18.5. The molecule has 3 aromatic rings. The predicted octanol–water partition coefficient (Wildman–Crippen LogP) is 3.39. The first-order chi connectivity index (χ1) is 13.3. The average molecular weight is 359 g/mol. The minimum absolute atomic E-state index is 0.00900. The molecule has 4 heteroatoms. The van der Waals surface area contributed by atoms with Crippen molar-refractivity contribution in [1.82, 2.24) is 10.2 Å². The van der Waals surface area contributed by atoms with Gasteiger partial charge in [-0.05, 0) is 29.0 Å². The zero-order valence-electron chi connectivity index (χ0n) is 15.5. The third-order valence-corrected chi connectivity index (χ3v) is 5.24. The second-order valence-corrected chi connectivity index (χ2v) is 6.95. The molecule has 3 aromatic carbocycles. The summed E-state index contributed by atoms with van der Waals surface area (Å²) in [6.07, 6.45) is 0. The molecule has 1 heterocycles. The van der Waals surface area contributed by atoms with Crippen molar-refractivity contribution in [2.24, 2.45) is 0 Å². The predicted molar refractivity (Wildman–Crippen MR) is 111 cm³/mol. The molecule has 138 valence electrons. The molecule has 0 radical (unpaired) electrons. The summed E-state index contributed by atoms with van der Waals surface area (Å²) >= 11 is 0. The highest BCUT2D eigenvalue weighted by Crippen LogP contribution is 2.18. The number of hydrogen-bond acceptors (Lipinski definition) is 3. The maximum atomic E-state index is 12.6. The van der Waals surface area contributed by atoms with Gasteiger partial charge in [0.05, 0.1) is 0 Å². The van der Waals surface area contributed by atoms with Crippen LogP contribution in [-0.4, -0.2) is 50.1 Å². The summed E-state index contributed by atoms with van der Waals surface area (Å²) in [5.41, 5.74) is 2.04. The highest BCUT2D eigenvalue weighted by Gasteiger charge is 2.17. The Bertz CT molecular complexity index is 896. The monoisotopic (exact) mass is 359 g/mol. The molecule has 0 unspecified atom stereocenters. The molecule has 0 spiro atoms. The van der Waals surface area contributed by atoms with Crippen LogP contribution in [0.2, 0.25) is 0 Å². The van der Waals surface area contributed by atoms with E-state index in [2.05, 4.69) is 45.4 Å². The molecule has 0 aliphatic carbocycles. The summed E-state index contributed by atoms with van der Waals surface area (Å²) in [5.74, 6) is 0.00900. The summed E-state index contributed by atoms with van der Waals surface area (Å²) in [7, 11) is 0. The lowest BCUT2D eigenvalue weighted by Gasteiger charge is -2.36. The van der Waals surface area contributed by atoms with Crippen molar-refractivity contribution in [3.05, 3.63) is 78.4 Å². The van der Waals surface area contributed by atoms with Crippen LogP contribution >= 0.6 is 0 Å². The van der Waals surface area contributed by atoms with Gasteiger partial charge in [-0.3, -0.25) is 9.69 Å². The van der Waals surface area contributed by atoms with Crippen molar-refractivity contribution in [2.75, 3.05) is 44.2 Å². The zero-order valence-corrected chi connectivity index (χ0v) is 15.5. The van der Waals surface area contributed by atoms with Crippen molar-refractivity contribution in [3.8, 4) is 0 Å². The minimum atomic E-state index is 0.00900. The van der Waals surface area contributed by atoms with Gasteiger partial charge in [0, 0.05) is 50.5 Å². The number of hydrogen-bond donors (Lipinski definition) is 1. The number of nitrogens with one attached hydrogen (secondary N) is 1. The third-order valence-electron chi connectivity index (χ3n) is 5.24. The fourth-order valence-corrected chi connectivity index (χ4v) is 3.71. The van der Waals surface area contributed by atoms with E-state index in [1.54, 1.807) is 0 Å². The van der Waals surface area contributed by atoms with Gasteiger partial charge in [0.1, 0.15) is 0 Å². The highest BCUT2D eigenvalue weighted by atomic mass is 16.1.